The van der Waals surface area contributed by atoms with E-state index in [9.17, 15) is 18.0 Å². The first-order chi connectivity index (χ1) is 12.3. The fourth-order valence-corrected chi connectivity index (χ4v) is 3.63. The number of benzene rings is 2. The van der Waals surface area contributed by atoms with E-state index in [0.29, 0.717) is 5.39 Å². The summed E-state index contributed by atoms with van der Waals surface area (Å²) in [4.78, 5) is 24.7. The van der Waals surface area contributed by atoms with Crippen molar-refractivity contribution in [1.29, 1.82) is 0 Å². The number of nitrogens with one attached hydrogen (secondary N) is 2. The van der Waals surface area contributed by atoms with E-state index < -0.39 is 28.4 Å². The minimum Gasteiger partial charge on any atom is -0.468 e. The first-order valence-corrected chi connectivity index (χ1v) is 9.27. The zero-order chi connectivity index (χ0) is 19.3. The molecule has 9 heteroatoms. The Labute approximate surface area is 152 Å². The van der Waals surface area contributed by atoms with Gasteiger partial charge in [0.1, 0.15) is 6.54 Å². The van der Waals surface area contributed by atoms with Gasteiger partial charge in [0.15, 0.2) is 0 Å². The van der Waals surface area contributed by atoms with Gasteiger partial charge in [-0.1, -0.05) is 24.3 Å². The van der Waals surface area contributed by atoms with Crippen molar-refractivity contribution in [3.8, 4) is 0 Å². The Morgan fingerprint density at radius 2 is 1.69 bits per heavy atom. The molecule has 0 aliphatic carbocycles. The second-order valence-corrected chi connectivity index (χ2v) is 7.44. The summed E-state index contributed by atoms with van der Waals surface area (Å²) in [6, 6.07) is 10.4. The van der Waals surface area contributed by atoms with Gasteiger partial charge in [-0.3, -0.25) is 9.59 Å². The highest BCUT2D eigenvalue weighted by Gasteiger charge is 2.19. The number of sulfonamides is 1. The van der Waals surface area contributed by atoms with Crippen LogP contribution in [0.1, 0.15) is 0 Å². The zero-order valence-corrected chi connectivity index (χ0v) is 15.6. The molecule has 0 fully saturated rings. The molecule has 2 aromatic rings. The van der Waals surface area contributed by atoms with E-state index in [0.717, 1.165) is 11.1 Å². The van der Waals surface area contributed by atoms with Gasteiger partial charge in [0.05, 0.1) is 18.6 Å². The van der Waals surface area contributed by atoms with E-state index in [2.05, 4.69) is 14.8 Å². The monoisotopic (exact) mass is 379 g/mol. The summed E-state index contributed by atoms with van der Waals surface area (Å²) in [7, 11) is 1.03. The molecule has 0 unspecified atom stereocenters. The summed E-state index contributed by atoms with van der Waals surface area (Å²) >= 11 is 0. The summed E-state index contributed by atoms with van der Waals surface area (Å²) < 4.78 is 31.9. The number of carbonyl (C=O) groups excluding carboxylic acids is 2. The summed E-state index contributed by atoms with van der Waals surface area (Å²) in [5.74, 6) is -1.25. The third kappa shape index (κ3) is 4.50. The number of fused-ring (bicyclic) bond motifs is 1. The molecular formula is C17H21N3O5S. The van der Waals surface area contributed by atoms with Gasteiger partial charge in [-0.05, 0) is 12.1 Å². The van der Waals surface area contributed by atoms with Crippen LogP contribution in [0.5, 0.6) is 0 Å². The van der Waals surface area contributed by atoms with Crippen molar-refractivity contribution in [3.63, 3.8) is 0 Å². The fourth-order valence-electron chi connectivity index (χ4n) is 2.43. The first-order valence-electron chi connectivity index (χ1n) is 7.78. The maximum Gasteiger partial charge on any atom is 0.325 e. The largest absolute Gasteiger partial charge is 0.468 e. The third-order valence-corrected chi connectivity index (χ3v) is 5.17. The molecule has 8 nitrogen and oxygen atoms in total. The van der Waals surface area contributed by atoms with Crippen molar-refractivity contribution < 1.29 is 22.7 Å². The van der Waals surface area contributed by atoms with E-state index in [1.165, 1.54) is 13.2 Å². The van der Waals surface area contributed by atoms with Crippen LogP contribution in [0.4, 0.5) is 5.69 Å². The van der Waals surface area contributed by atoms with E-state index in [1.54, 1.807) is 18.2 Å². The van der Waals surface area contributed by atoms with Gasteiger partial charge < -0.3 is 15.0 Å². The second kappa shape index (κ2) is 8.15. The Balaban J connectivity index is 2.23. The Kier molecular flexibility index (Phi) is 6.17. The molecule has 0 radical (unpaired) electrons. The number of hydrogen-bond donors (Lipinski definition) is 2. The number of carbonyl (C=O) groups is 2. The fraction of sp³-hybridized carbons (Fsp3) is 0.294. The Morgan fingerprint density at radius 1 is 1.04 bits per heavy atom. The van der Waals surface area contributed by atoms with Gasteiger partial charge in [0.25, 0.3) is 0 Å². The number of nitrogens with zero attached hydrogens (tertiary/aromatic N) is 1. The van der Waals surface area contributed by atoms with Crippen molar-refractivity contribution >= 4 is 38.4 Å². The molecule has 0 spiro atoms. The molecule has 2 N–H and O–H groups in total. The predicted octanol–water partition coefficient (Wildman–Crippen LogP) is 0.473. The van der Waals surface area contributed by atoms with Crippen molar-refractivity contribution in [2.45, 2.75) is 4.90 Å². The highest BCUT2D eigenvalue weighted by Crippen LogP contribution is 2.29. The van der Waals surface area contributed by atoms with Crippen molar-refractivity contribution in [1.82, 2.24) is 10.0 Å². The van der Waals surface area contributed by atoms with Crippen LogP contribution in [0.15, 0.2) is 41.3 Å². The van der Waals surface area contributed by atoms with Crippen LogP contribution >= 0.6 is 0 Å². The molecule has 0 atom stereocenters. The standard InChI is InChI=1S/C17H21N3O5S/c1-20(2)14-8-4-7-13-12(14)6-5-9-15(13)26(23,24)19-10-16(21)18-11-17(22)25-3/h4-9,19H,10-11H2,1-3H3,(H,18,21). The molecule has 0 saturated heterocycles. The first kappa shape index (κ1) is 19.7. The molecule has 0 saturated carbocycles. The lowest BCUT2D eigenvalue weighted by atomic mass is 10.1. The van der Waals surface area contributed by atoms with Gasteiger partial charge in [-0.2, -0.15) is 0 Å². The van der Waals surface area contributed by atoms with Crippen molar-refractivity contribution in [2.24, 2.45) is 0 Å². The van der Waals surface area contributed by atoms with Crippen LogP contribution in [0.25, 0.3) is 10.8 Å². The quantitative estimate of drug-likeness (QED) is 0.678. The van der Waals surface area contributed by atoms with Gasteiger partial charge in [0.2, 0.25) is 15.9 Å². The lowest BCUT2D eigenvalue weighted by molar-refractivity contribution is -0.141. The minimum atomic E-state index is -3.91. The summed E-state index contributed by atoms with van der Waals surface area (Å²) in [5.41, 5.74) is 0.885. The Hall–Kier alpha value is -2.65. The highest BCUT2D eigenvalue weighted by atomic mass is 32.2. The predicted molar refractivity (Wildman–Crippen MR) is 98.5 cm³/mol. The molecule has 0 aromatic heterocycles. The number of anilines is 1. The van der Waals surface area contributed by atoms with Gasteiger partial charge >= 0.3 is 5.97 Å². The minimum absolute atomic E-state index is 0.0828. The molecule has 26 heavy (non-hydrogen) atoms. The number of esters is 1. The van der Waals surface area contributed by atoms with E-state index in [4.69, 9.17) is 0 Å². The highest BCUT2D eigenvalue weighted by molar-refractivity contribution is 7.89. The smallest absolute Gasteiger partial charge is 0.325 e. The van der Waals surface area contributed by atoms with Gasteiger partial charge in [0, 0.05) is 30.6 Å². The molecule has 1 amide bonds. The Morgan fingerprint density at radius 3 is 2.35 bits per heavy atom. The van der Waals surface area contributed by atoms with Crippen LogP contribution in [0.2, 0.25) is 0 Å². The molecule has 2 rings (SSSR count). The third-order valence-electron chi connectivity index (χ3n) is 3.71. The number of ether oxygens (including phenoxy) is 1. The normalized spacial score (nSPS) is 11.2. The van der Waals surface area contributed by atoms with Crippen LogP contribution in [-0.2, 0) is 24.3 Å². The average Bonchev–Trinajstić information content (AvgIpc) is 2.63. The second-order valence-electron chi connectivity index (χ2n) is 5.70. The number of methoxy groups -OCH3 is 1. The maximum atomic E-state index is 12.6. The molecular weight excluding hydrogens is 358 g/mol. The summed E-state index contributed by atoms with van der Waals surface area (Å²) in [6.45, 7) is -0.805. The average molecular weight is 379 g/mol. The van der Waals surface area contributed by atoms with E-state index in [1.807, 2.05) is 31.1 Å². The number of rotatable bonds is 7. The van der Waals surface area contributed by atoms with E-state index in [-0.39, 0.29) is 11.4 Å². The Bertz CT molecular complexity index is 925. The maximum absolute atomic E-state index is 12.6. The van der Waals surface area contributed by atoms with Gasteiger partial charge in [-0.15, -0.1) is 0 Å². The number of amides is 1. The molecule has 140 valence electrons. The van der Waals surface area contributed by atoms with Crippen LogP contribution in [0, 0.1) is 0 Å². The lowest BCUT2D eigenvalue weighted by Crippen LogP contribution is -2.39. The summed E-state index contributed by atoms with van der Waals surface area (Å²) in [6.07, 6.45) is 0. The molecule has 0 bridgehead atoms. The number of hydrogen-bond acceptors (Lipinski definition) is 6. The molecule has 2 aromatic carbocycles. The lowest BCUT2D eigenvalue weighted by Gasteiger charge is -2.17. The van der Waals surface area contributed by atoms with Crippen LogP contribution in [0.3, 0.4) is 0 Å². The molecule has 0 heterocycles. The van der Waals surface area contributed by atoms with Crippen LogP contribution < -0.4 is 14.9 Å². The summed E-state index contributed by atoms with van der Waals surface area (Å²) in [5, 5.41) is 3.62. The van der Waals surface area contributed by atoms with Crippen LogP contribution in [-0.4, -0.2) is 54.6 Å². The SMILES string of the molecule is COC(=O)CNC(=O)CNS(=O)(=O)c1cccc2c(N(C)C)cccc12. The van der Waals surface area contributed by atoms with Crippen molar-refractivity contribution in [2.75, 3.05) is 39.2 Å². The van der Waals surface area contributed by atoms with E-state index >= 15 is 0 Å². The van der Waals surface area contributed by atoms with Crippen molar-refractivity contribution in [3.05, 3.63) is 36.4 Å². The molecule has 0 aliphatic heterocycles. The zero-order valence-electron chi connectivity index (χ0n) is 14.8. The molecule has 0 aliphatic rings. The topological polar surface area (TPSA) is 105 Å². The van der Waals surface area contributed by atoms with Gasteiger partial charge in [-0.25, -0.2) is 13.1 Å².